The fraction of sp³-hybridized carbons (Fsp3) is 0.400. The molecule has 0 amide bonds. The minimum absolute atomic E-state index is 0.470. The van der Waals surface area contributed by atoms with Gasteiger partial charge in [0, 0.05) is 24.1 Å². The fourth-order valence-corrected chi connectivity index (χ4v) is 1.13. The van der Waals surface area contributed by atoms with Gasteiger partial charge < -0.3 is 16.4 Å². The molecule has 13 heavy (non-hydrogen) atoms. The van der Waals surface area contributed by atoms with Gasteiger partial charge in [-0.2, -0.15) is 0 Å². The van der Waals surface area contributed by atoms with E-state index in [1.54, 1.807) is 6.92 Å². The highest BCUT2D eigenvalue weighted by Gasteiger charge is 2.10. The molecule has 3 heteroatoms. The zero-order chi connectivity index (χ0) is 10.6. The minimum Gasteiger partial charge on any atom is -0.401 e. The lowest BCUT2D eigenvalue weighted by atomic mass is 10.2. The first-order valence-electron chi connectivity index (χ1n) is 4.24. The Balaban J connectivity index is 4.90. The summed E-state index contributed by atoms with van der Waals surface area (Å²) in [6.45, 7) is 11.4. The molecule has 0 aliphatic heterocycles. The maximum atomic E-state index is 5.69. The number of nitrogens with two attached hydrogens (primary N) is 2. The normalized spacial score (nSPS) is 11.9. The van der Waals surface area contributed by atoms with E-state index < -0.39 is 0 Å². The van der Waals surface area contributed by atoms with Gasteiger partial charge in [0.15, 0.2) is 0 Å². The zero-order valence-corrected chi connectivity index (χ0v) is 8.72. The van der Waals surface area contributed by atoms with Crippen LogP contribution in [0, 0.1) is 0 Å². The van der Waals surface area contributed by atoms with Gasteiger partial charge in [-0.15, -0.1) is 0 Å². The van der Waals surface area contributed by atoms with Gasteiger partial charge in [-0.3, -0.25) is 0 Å². The molecule has 0 radical (unpaired) electrons. The van der Waals surface area contributed by atoms with Crippen molar-refractivity contribution < 1.29 is 0 Å². The van der Waals surface area contributed by atoms with Crippen molar-refractivity contribution >= 4 is 0 Å². The molecule has 0 spiro atoms. The molecule has 0 unspecified atom stereocenters. The second kappa shape index (κ2) is 4.60. The molecule has 0 atom stereocenters. The number of rotatable bonds is 4. The van der Waals surface area contributed by atoms with E-state index in [1.807, 2.05) is 18.9 Å². The first-order valence-corrected chi connectivity index (χ1v) is 4.24. The molecule has 0 aromatic heterocycles. The lowest BCUT2D eigenvalue weighted by Crippen LogP contribution is -2.23. The maximum absolute atomic E-state index is 5.69. The number of nitrogens with zero attached hydrogens (tertiary/aromatic N) is 1. The van der Waals surface area contributed by atoms with Crippen LogP contribution in [0.1, 0.15) is 20.3 Å². The van der Waals surface area contributed by atoms with Crippen LogP contribution in [0.25, 0.3) is 0 Å². The van der Waals surface area contributed by atoms with Gasteiger partial charge in [-0.05, 0) is 13.3 Å². The first kappa shape index (κ1) is 11.6. The Morgan fingerprint density at radius 2 is 1.77 bits per heavy atom. The van der Waals surface area contributed by atoms with E-state index in [1.165, 1.54) is 0 Å². The lowest BCUT2D eigenvalue weighted by molar-refractivity contribution is 0.504. The van der Waals surface area contributed by atoms with E-state index in [4.69, 9.17) is 11.5 Å². The second-order valence-corrected chi connectivity index (χ2v) is 3.04. The average molecular weight is 181 g/mol. The Kier molecular flexibility index (Phi) is 4.11. The van der Waals surface area contributed by atoms with Crippen molar-refractivity contribution in [2.75, 3.05) is 7.05 Å². The summed E-state index contributed by atoms with van der Waals surface area (Å²) in [5, 5.41) is 0. The van der Waals surface area contributed by atoms with Crippen LogP contribution in [0.15, 0.2) is 35.9 Å². The molecule has 0 heterocycles. The Morgan fingerprint density at radius 3 is 2.00 bits per heavy atom. The highest BCUT2D eigenvalue weighted by atomic mass is 15.1. The lowest BCUT2D eigenvalue weighted by Gasteiger charge is -2.25. The van der Waals surface area contributed by atoms with Gasteiger partial charge >= 0.3 is 0 Å². The SMILES string of the molecule is C=C(N)/C(=C(\C)N)N(C)C(=C)CC. The van der Waals surface area contributed by atoms with E-state index in [0.717, 1.165) is 17.8 Å². The highest BCUT2D eigenvalue weighted by Crippen LogP contribution is 2.16. The van der Waals surface area contributed by atoms with Gasteiger partial charge in [-0.25, -0.2) is 0 Å². The van der Waals surface area contributed by atoms with Crippen molar-refractivity contribution in [2.24, 2.45) is 11.5 Å². The Hall–Kier alpha value is -1.38. The van der Waals surface area contributed by atoms with Crippen LogP contribution in [0.3, 0.4) is 0 Å². The topological polar surface area (TPSA) is 55.3 Å². The van der Waals surface area contributed by atoms with Crippen LogP contribution >= 0.6 is 0 Å². The summed E-state index contributed by atoms with van der Waals surface area (Å²) in [5.41, 5.74) is 14.2. The Bertz CT molecular complexity index is 247. The van der Waals surface area contributed by atoms with Crippen LogP contribution in [0.5, 0.6) is 0 Å². The molecule has 0 saturated heterocycles. The van der Waals surface area contributed by atoms with Crippen LogP contribution in [0.2, 0.25) is 0 Å². The Labute approximate surface area is 80.4 Å². The third kappa shape index (κ3) is 2.86. The molecule has 0 rings (SSSR count). The second-order valence-electron chi connectivity index (χ2n) is 3.04. The molecule has 0 aliphatic carbocycles. The molecule has 0 aromatic rings. The van der Waals surface area contributed by atoms with E-state index in [0.29, 0.717) is 11.4 Å². The van der Waals surface area contributed by atoms with E-state index in [-0.39, 0.29) is 0 Å². The van der Waals surface area contributed by atoms with E-state index in [9.17, 15) is 0 Å². The van der Waals surface area contributed by atoms with E-state index >= 15 is 0 Å². The maximum Gasteiger partial charge on any atom is 0.0820 e. The standard InChI is InChI=1S/C10H19N3/c1-6-7(2)13(5)10(8(3)11)9(4)12/h2-3,6,11-12H2,1,4-5H3/b10-9-. The summed E-state index contributed by atoms with van der Waals surface area (Å²) in [6.07, 6.45) is 0.862. The summed E-state index contributed by atoms with van der Waals surface area (Å²) >= 11 is 0. The van der Waals surface area contributed by atoms with Crippen molar-refractivity contribution in [2.45, 2.75) is 20.3 Å². The summed E-state index contributed by atoms with van der Waals surface area (Å²) < 4.78 is 0. The summed E-state index contributed by atoms with van der Waals surface area (Å²) in [6, 6.07) is 0. The van der Waals surface area contributed by atoms with Gasteiger partial charge in [0.05, 0.1) is 5.70 Å². The third-order valence-corrected chi connectivity index (χ3v) is 1.90. The van der Waals surface area contributed by atoms with Crippen LogP contribution in [-0.2, 0) is 0 Å². The van der Waals surface area contributed by atoms with Crippen molar-refractivity contribution in [1.82, 2.24) is 4.90 Å². The summed E-state index contributed by atoms with van der Waals surface area (Å²) in [4.78, 5) is 1.87. The number of hydrogen-bond donors (Lipinski definition) is 2. The van der Waals surface area contributed by atoms with Crippen molar-refractivity contribution in [3.05, 3.63) is 35.9 Å². The van der Waals surface area contributed by atoms with Crippen molar-refractivity contribution in [3.8, 4) is 0 Å². The quantitative estimate of drug-likeness (QED) is 0.646. The first-order chi connectivity index (χ1) is 5.91. The van der Waals surface area contributed by atoms with Gasteiger partial charge in [0.1, 0.15) is 0 Å². The molecule has 0 aromatic carbocycles. The van der Waals surface area contributed by atoms with Gasteiger partial charge in [0.25, 0.3) is 0 Å². The minimum atomic E-state index is 0.470. The zero-order valence-electron chi connectivity index (χ0n) is 8.72. The molecule has 0 bridgehead atoms. The van der Waals surface area contributed by atoms with Crippen LogP contribution < -0.4 is 11.5 Å². The molecular weight excluding hydrogens is 162 g/mol. The van der Waals surface area contributed by atoms with Crippen molar-refractivity contribution in [3.63, 3.8) is 0 Å². The molecule has 74 valence electrons. The van der Waals surface area contributed by atoms with Crippen LogP contribution in [-0.4, -0.2) is 11.9 Å². The average Bonchev–Trinajstić information content (AvgIpc) is 2.01. The smallest absolute Gasteiger partial charge is 0.0820 e. The van der Waals surface area contributed by atoms with Gasteiger partial charge in [0.2, 0.25) is 0 Å². The third-order valence-electron chi connectivity index (χ3n) is 1.90. The molecule has 0 aliphatic rings. The number of likely N-dealkylation sites (N-methyl/N-ethyl adjacent to an activating group) is 1. The number of hydrogen-bond acceptors (Lipinski definition) is 3. The highest BCUT2D eigenvalue weighted by molar-refractivity contribution is 5.30. The summed E-state index contributed by atoms with van der Waals surface area (Å²) in [7, 11) is 1.88. The molecule has 0 saturated carbocycles. The van der Waals surface area contributed by atoms with Crippen molar-refractivity contribution in [1.29, 1.82) is 0 Å². The predicted molar refractivity (Wildman–Crippen MR) is 57.4 cm³/mol. The molecule has 0 fully saturated rings. The number of allylic oxidation sites excluding steroid dienone is 2. The van der Waals surface area contributed by atoms with Gasteiger partial charge in [-0.1, -0.05) is 20.1 Å². The molecule has 4 N–H and O–H groups in total. The van der Waals surface area contributed by atoms with Crippen LogP contribution in [0.4, 0.5) is 0 Å². The summed E-state index contributed by atoms with van der Waals surface area (Å²) in [5.74, 6) is 0. The Morgan fingerprint density at radius 1 is 1.31 bits per heavy atom. The monoisotopic (exact) mass is 181 g/mol. The van der Waals surface area contributed by atoms with E-state index in [2.05, 4.69) is 13.2 Å². The predicted octanol–water partition coefficient (Wildman–Crippen LogP) is 1.50. The molecular formula is C10H19N3. The molecule has 3 nitrogen and oxygen atoms in total. The fourth-order valence-electron chi connectivity index (χ4n) is 1.13. The largest absolute Gasteiger partial charge is 0.401 e.